The maximum absolute atomic E-state index is 11.8. The first kappa shape index (κ1) is 14.9. The van der Waals surface area contributed by atoms with E-state index < -0.39 is 0 Å². The van der Waals surface area contributed by atoms with Crippen LogP contribution in [-0.4, -0.2) is 12.5 Å². The summed E-state index contributed by atoms with van der Waals surface area (Å²) in [5.41, 5.74) is 0.888. The quantitative estimate of drug-likeness (QED) is 0.793. The van der Waals surface area contributed by atoms with Crippen LogP contribution < -0.4 is 10.1 Å². The van der Waals surface area contributed by atoms with Crippen LogP contribution >= 0.6 is 0 Å². The molecule has 0 spiro atoms. The average molecular weight is 285 g/mol. The van der Waals surface area contributed by atoms with E-state index in [1.807, 2.05) is 30.3 Å². The van der Waals surface area contributed by atoms with E-state index in [-0.39, 0.29) is 5.91 Å². The summed E-state index contributed by atoms with van der Waals surface area (Å²) in [6, 6.07) is 11.3. The summed E-state index contributed by atoms with van der Waals surface area (Å²) in [6.45, 7) is 3.10. The minimum Gasteiger partial charge on any atom is -0.493 e. The van der Waals surface area contributed by atoms with Crippen molar-refractivity contribution >= 4 is 12.0 Å². The SMILES string of the molecule is CCCOc1ccccc1/C=C/C(=O)NCc1ccco1. The summed E-state index contributed by atoms with van der Waals surface area (Å²) in [4.78, 5) is 11.8. The van der Waals surface area contributed by atoms with Crippen LogP contribution in [0.3, 0.4) is 0 Å². The zero-order chi connectivity index (χ0) is 14.9. The maximum atomic E-state index is 11.8. The van der Waals surface area contributed by atoms with Gasteiger partial charge in [0.1, 0.15) is 11.5 Å². The van der Waals surface area contributed by atoms with E-state index in [0.717, 1.165) is 23.5 Å². The van der Waals surface area contributed by atoms with Crippen molar-refractivity contribution in [3.05, 3.63) is 60.1 Å². The Bertz CT molecular complexity index is 588. The number of para-hydroxylation sites is 1. The van der Waals surface area contributed by atoms with Crippen molar-refractivity contribution in [2.24, 2.45) is 0 Å². The molecular formula is C17H19NO3. The molecule has 0 fully saturated rings. The van der Waals surface area contributed by atoms with Crippen LogP contribution in [0.2, 0.25) is 0 Å². The van der Waals surface area contributed by atoms with E-state index in [9.17, 15) is 4.79 Å². The molecule has 1 N–H and O–H groups in total. The first-order valence-corrected chi connectivity index (χ1v) is 6.99. The second-order valence-corrected chi connectivity index (χ2v) is 4.52. The number of hydrogen-bond acceptors (Lipinski definition) is 3. The van der Waals surface area contributed by atoms with Crippen molar-refractivity contribution in [1.82, 2.24) is 5.32 Å². The Morgan fingerprint density at radius 1 is 1.29 bits per heavy atom. The average Bonchev–Trinajstić information content (AvgIpc) is 3.03. The monoisotopic (exact) mass is 285 g/mol. The van der Waals surface area contributed by atoms with Crippen LogP contribution in [0.25, 0.3) is 6.08 Å². The molecule has 21 heavy (non-hydrogen) atoms. The third kappa shape index (κ3) is 4.84. The van der Waals surface area contributed by atoms with Crippen molar-refractivity contribution in [2.75, 3.05) is 6.61 Å². The van der Waals surface area contributed by atoms with Gasteiger partial charge in [-0.25, -0.2) is 0 Å². The Hall–Kier alpha value is -2.49. The predicted octanol–water partition coefficient (Wildman–Crippen LogP) is 3.40. The summed E-state index contributed by atoms with van der Waals surface area (Å²) in [5, 5.41) is 2.76. The highest BCUT2D eigenvalue weighted by atomic mass is 16.5. The number of rotatable bonds is 7. The standard InChI is InChI=1S/C17H19NO3/c1-2-11-21-16-8-4-3-6-14(16)9-10-17(19)18-13-15-7-5-12-20-15/h3-10,12H,2,11,13H2,1H3,(H,18,19)/b10-9+. The number of carbonyl (C=O) groups is 1. The smallest absolute Gasteiger partial charge is 0.244 e. The van der Waals surface area contributed by atoms with Crippen molar-refractivity contribution in [3.63, 3.8) is 0 Å². The van der Waals surface area contributed by atoms with Crippen molar-refractivity contribution < 1.29 is 13.9 Å². The van der Waals surface area contributed by atoms with Crippen molar-refractivity contribution in [1.29, 1.82) is 0 Å². The van der Waals surface area contributed by atoms with E-state index in [1.54, 1.807) is 18.4 Å². The molecule has 0 aliphatic heterocycles. The zero-order valence-electron chi connectivity index (χ0n) is 12.0. The normalized spacial score (nSPS) is 10.7. The Balaban J connectivity index is 1.92. The molecule has 1 aromatic carbocycles. The number of nitrogens with one attached hydrogen (secondary N) is 1. The summed E-state index contributed by atoms with van der Waals surface area (Å²) < 4.78 is 10.8. The van der Waals surface area contributed by atoms with E-state index in [1.165, 1.54) is 6.08 Å². The van der Waals surface area contributed by atoms with Crippen molar-refractivity contribution in [3.8, 4) is 5.75 Å². The van der Waals surface area contributed by atoms with E-state index >= 15 is 0 Å². The second kappa shape index (κ2) is 7.94. The predicted molar refractivity (Wildman–Crippen MR) is 81.8 cm³/mol. The number of benzene rings is 1. The molecule has 4 nitrogen and oxygen atoms in total. The van der Waals surface area contributed by atoms with Crippen LogP contribution in [-0.2, 0) is 11.3 Å². The molecule has 0 atom stereocenters. The largest absolute Gasteiger partial charge is 0.493 e. The van der Waals surface area contributed by atoms with E-state index in [4.69, 9.17) is 9.15 Å². The second-order valence-electron chi connectivity index (χ2n) is 4.52. The Morgan fingerprint density at radius 2 is 2.14 bits per heavy atom. The summed E-state index contributed by atoms with van der Waals surface area (Å²) in [5.74, 6) is 1.34. The Labute approximate surface area is 124 Å². The fourth-order valence-corrected chi connectivity index (χ4v) is 1.77. The van der Waals surface area contributed by atoms with Crippen LogP contribution in [0.4, 0.5) is 0 Å². The summed E-state index contributed by atoms with van der Waals surface area (Å²) >= 11 is 0. The first-order chi connectivity index (χ1) is 10.3. The van der Waals surface area contributed by atoms with Crippen LogP contribution in [0.1, 0.15) is 24.7 Å². The molecule has 1 aromatic heterocycles. The lowest BCUT2D eigenvalue weighted by molar-refractivity contribution is -0.116. The van der Waals surface area contributed by atoms with Gasteiger partial charge in [-0.05, 0) is 30.7 Å². The molecule has 0 bridgehead atoms. The van der Waals surface area contributed by atoms with Crippen LogP contribution in [0, 0.1) is 0 Å². The number of ether oxygens (including phenoxy) is 1. The molecule has 2 rings (SSSR count). The van der Waals surface area contributed by atoms with Gasteiger partial charge in [0.25, 0.3) is 0 Å². The molecule has 0 saturated heterocycles. The van der Waals surface area contributed by atoms with Gasteiger partial charge >= 0.3 is 0 Å². The molecule has 0 aliphatic carbocycles. The van der Waals surface area contributed by atoms with Crippen LogP contribution in [0.5, 0.6) is 5.75 Å². The van der Waals surface area contributed by atoms with Crippen molar-refractivity contribution in [2.45, 2.75) is 19.9 Å². The molecule has 0 radical (unpaired) electrons. The maximum Gasteiger partial charge on any atom is 0.244 e. The molecule has 0 unspecified atom stereocenters. The third-order valence-corrected chi connectivity index (χ3v) is 2.81. The van der Waals surface area contributed by atoms with Gasteiger partial charge in [-0.3, -0.25) is 4.79 Å². The molecule has 1 heterocycles. The molecule has 1 amide bonds. The van der Waals surface area contributed by atoms with Gasteiger partial charge in [0.15, 0.2) is 0 Å². The fourth-order valence-electron chi connectivity index (χ4n) is 1.77. The molecule has 2 aromatic rings. The molecule has 0 aliphatic rings. The fraction of sp³-hybridized carbons (Fsp3) is 0.235. The molecule has 110 valence electrons. The van der Waals surface area contributed by atoms with E-state index in [0.29, 0.717) is 13.2 Å². The number of hydrogen-bond donors (Lipinski definition) is 1. The number of amides is 1. The molecule has 0 saturated carbocycles. The number of furan rings is 1. The summed E-state index contributed by atoms with van der Waals surface area (Å²) in [7, 11) is 0. The topological polar surface area (TPSA) is 51.5 Å². The van der Waals surface area contributed by atoms with Gasteiger partial charge in [0.2, 0.25) is 5.91 Å². The summed E-state index contributed by atoms with van der Waals surface area (Å²) in [6.07, 6.45) is 5.78. The third-order valence-electron chi connectivity index (χ3n) is 2.81. The minimum absolute atomic E-state index is 0.170. The Kier molecular flexibility index (Phi) is 5.64. The molecular weight excluding hydrogens is 266 g/mol. The van der Waals surface area contributed by atoms with Gasteiger partial charge in [-0.1, -0.05) is 25.1 Å². The highest BCUT2D eigenvalue weighted by Gasteiger charge is 2.01. The number of carbonyl (C=O) groups excluding carboxylic acids is 1. The van der Waals surface area contributed by atoms with Gasteiger partial charge in [-0.2, -0.15) is 0 Å². The van der Waals surface area contributed by atoms with Gasteiger partial charge in [-0.15, -0.1) is 0 Å². The van der Waals surface area contributed by atoms with Gasteiger partial charge < -0.3 is 14.5 Å². The lowest BCUT2D eigenvalue weighted by Crippen LogP contribution is -2.19. The first-order valence-electron chi connectivity index (χ1n) is 6.99. The van der Waals surface area contributed by atoms with E-state index in [2.05, 4.69) is 12.2 Å². The molecule has 4 heteroatoms. The lowest BCUT2D eigenvalue weighted by atomic mass is 10.2. The van der Waals surface area contributed by atoms with Gasteiger partial charge in [0, 0.05) is 11.6 Å². The van der Waals surface area contributed by atoms with Gasteiger partial charge in [0.05, 0.1) is 19.4 Å². The highest BCUT2D eigenvalue weighted by Crippen LogP contribution is 2.19. The zero-order valence-corrected chi connectivity index (χ0v) is 12.0. The minimum atomic E-state index is -0.170. The Morgan fingerprint density at radius 3 is 2.90 bits per heavy atom. The van der Waals surface area contributed by atoms with Crippen LogP contribution in [0.15, 0.2) is 53.2 Å². The lowest BCUT2D eigenvalue weighted by Gasteiger charge is -2.07. The highest BCUT2D eigenvalue weighted by molar-refractivity contribution is 5.92.